The first kappa shape index (κ1) is 12.6. The molecule has 0 atom stereocenters. The summed E-state index contributed by atoms with van der Waals surface area (Å²) in [7, 11) is 0. The maximum absolute atomic E-state index is 12.1. The normalized spacial score (nSPS) is 10.4. The maximum Gasteiger partial charge on any atom is 0.267 e. The Balaban J connectivity index is 1.92. The van der Waals surface area contributed by atoms with Crippen LogP contribution in [0.4, 0.5) is 5.69 Å². The van der Waals surface area contributed by atoms with Crippen molar-refractivity contribution in [1.82, 2.24) is 15.0 Å². The number of hydrogen-bond donors (Lipinski definition) is 2. The molecule has 6 heteroatoms. The molecule has 0 aliphatic heterocycles. The Morgan fingerprint density at radius 1 is 1.30 bits per heavy atom. The monoisotopic (exact) mass is 284 g/mol. The number of carbonyl (C=O) groups is 1. The summed E-state index contributed by atoms with van der Waals surface area (Å²) in [4.78, 5) is 24.0. The third-order valence-electron chi connectivity index (χ3n) is 2.79. The van der Waals surface area contributed by atoms with Crippen LogP contribution in [0, 0.1) is 6.92 Å². The van der Waals surface area contributed by atoms with Crippen LogP contribution in [0.3, 0.4) is 0 Å². The van der Waals surface area contributed by atoms with Crippen molar-refractivity contribution in [2.45, 2.75) is 6.92 Å². The van der Waals surface area contributed by atoms with Crippen LogP contribution in [0.5, 0.6) is 0 Å². The van der Waals surface area contributed by atoms with E-state index in [2.05, 4.69) is 20.3 Å². The van der Waals surface area contributed by atoms with Gasteiger partial charge < -0.3 is 10.3 Å². The minimum absolute atomic E-state index is 0.164. The van der Waals surface area contributed by atoms with E-state index in [0.717, 1.165) is 22.8 Å². The standard InChI is InChI=1S/C14H12N4OS/c1-9-6-16-13(17-9)10-4-2-3-5-11(10)18-14(19)12-7-15-8-20-12/h2-8H,1H3,(H,16,17)(H,18,19). The lowest BCUT2D eigenvalue weighted by Crippen LogP contribution is -2.11. The molecule has 1 amide bonds. The quantitative estimate of drug-likeness (QED) is 0.776. The molecule has 100 valence electrons. The molecule has 0 fully saturated rings. The van der Waals surface area contributed by atoms with E-state index in [9.17, 15) is 4.79 Å². The molecular formula is C14H12N4OS. The minimum atomic E-state index is -0.164. The number of rotatable bonds is 3. The first-order valence-electron chi connectivity index (χ1n) is 6.05. The van der Waals surface area contributed by atoms with Gasteiger partial charge in [-0.15, -0.1) is 11.3 Å². The first-order valence-corrected chi connectivity index (χ1v) is 6.93. The first-order chi connectivity index (χ1) is 9.74. The number of aryl methyl sites for hydroxylation is 1. The topological polar surface area (TPSA) is 70.7 Å². The van der Waals surface area contributed by atoms with E-state index < -0.39 is 0 Å². The summed E-state index contributed by atoms with van der Waals surface area (Å²) in [6.45, 7) is 1.94. The zero-order valence-electron chi connectivity index (χ0n) is 10.8. The van der Waals surface area contributed by atoms with Crippen molar-refractivity contribution in [3.63, 3.8) is 0 Å². The molecule has 0 aliphatic rings. The van der Waals surface area contributed by atoms with Gasteiger partial charge in [-0.3, -0.25) is 9.78 Å². The van der Waals surface area contributed by atoms with Gasteiger partial charge in [0.15, 0.2) is 0 Å². The summed E-state index contributed by atoms with van der Waals surface area (Å²) in [6.07, 6.45) is 3.32. The van der Waals surface area contributed by atoms with Gasteiger partial charge in [0.05, 0.1) is 17.4 Å². The van der Waals surface area contributed by atoms with Crippen molar-refractivity contribution in [3.8, 4) is 11.4 Å². The molecule has 3 rings (SSSR count). The number of benzene rings is 1. The highest BCUT2D eigenvalue weighted by molar-refractivity contribution is 7.11. The van der Waals surface area contributed by atoms with E-state index >= 15 is 0 Å². The van der Waals surface area contributed by atoms with Crippen LogP contribution in [0.15, 0.2) is 42.2 Å². The lowest BCUT2D eigenvalue weighted by atomic mass is 10.1. The van der Waals surface area contributed by atoms with E-state index in [-0.39, 0.29) is 5.91 Å². The third-order valence-corrected chi connectivity index (χ3v) is 3.56. The van der Waals surface area contributed by atoms with Crippen LogP contribution in [-0.4, -0.2) is 20.9 Å². The molecule has 3 aromatic rings. The van der Waals surface area contributed by atoms with Crippen molar-refractivity contribution in [2.24, 2.45) is 0 Å². The van der Waals surface area contributed by atoms with Crippen LogP contribution >= 0.6 is 11.3 Å². The number of carbonyl (C=O) groups excluding carboxylic acids is 1. The van der Waals surface area contributed by atoms with Gasteiger partial charge in [0.1, 0.15) is 10.7 Å². The number of imidazole rings is 1. The number of aromatic amines is 1. The fourth-order valence-corrected chi connectivity index (χ4v) is 2.38. The van der Waals surface area contributed by atoms with Gasteiger partial charge >= 0.3 is 0 Å². The highest BCUT2D eigenvalue weighted by Crippen LogP contribution is 2.26. The minimum Gasteiger partial charge on any atom is -0.342 e. The maximum atomic E-state index is 12.1. The smallest absolute Gasteiger partial charge is 0.267 e. The number of thiazole rings is 1. The number of aromatic nitrogens is 3. The lowest BCUT2D eigenvalue weighted by molar-refractivity contribution is 0.103. The van der Waals surface area contributed by atoms with Gasteiger partial charge in [0.2, 0.25) is 0 Å². The second-order valence-corrected chi connectivity index (χ2v) is 5.17. The summed E-state index contributed by atoms with van der Waals surface area (Å²) in [5.74, 6) is 0.575. The third kappa shape index (κ3) is 2.46. The Morgan fingerprint density at radius 2 is 2.15 bits per heavy atom. The second kappa shape index (κ2) is 5.26. The summed E-state index contributed by atoms with van der Waals surface area (Å²) in [5, 5.41) is 2.89. The van der Waals surface area contributed by atoms with E-state index in [4.69, 9.17) is 0 Å². The molecule has 0 bridgehead atoms. The Bertz CT molecular complexity index is 733. The average molecular weight is 284 g/mol. The summed E-state index contributed by atoms with van der Waals surface area (Å²) in [5.41, 5.74) is 4.19. The molecule has 5 nitrogen and oxygen atoms in total. The Labute approximate surface area is 119 Å². The van der Waals surface area contributed by atoms with Gasteiger partial charge in [-0.2, -0.15) is 0 Å². The van der Waals surface area contributed by atoms with Crippen LogP contribution in [0.2, 0.25) is 0 Å². The molecule has 0 radical (unpaired) electrons. The molecule has 0 saturated carbocycles. The Hall–Kier alpha value is -2.47. The van der Waals surface area contributed by atoms with Crippen molar-refractivity contribution in [2.75, 3.05) is 5.32 Å². The van der Waals surface area contributed by atoms with E-state index in [0.29, 0.717) is 4.88 Å². The summed E-state index contributed by atoms with van der Waals surface area (Å²) in [6, 6.07) is 7.56. The van der Waals surface area contributed by atoms with E-state index in [1.165, 1.54) is 11.3 Å². The number of nitrogens with one attached hydrogen (secondary N) is 2. The van der Waals surface area contributed by atoms with Gasteiger partial charge in [-0.25, -0.2) is 4.98 Å². The summed E-state index contributed by atoms with van der Waals surface area (Å²) >= 11 is 1.31. The molecule has 0 unspecified atom stereocenters. The van der Waals surface area contributed by atoms with Crippen LogP contribution < -0.4 is 5.32 Å². The fraction of sp³-hybridized carbons (Fsp3) is 0.0714. The van der Waals surface area contributed by atoms with E-state index in [1.54, 1.807) is 17.9 Å². The number of amides is 1. The van der Waals surface area contributed by atoms with Crippen LogP contribution in [0.1, 0.15) is 15.4 Å². The largest absolute Gasteiger partial charge is 0.342 e. The molecule has 20 heavy (non-hydrogen) atoms. The lowest BCUT2D eigenvalue weighted by Gasteiger charge is -2.08. The number of H-pyrrole nitrogens is 1. The van der Waals surface area contributed by atoms with E-state index in [1.807, 2.05) is 31.2 Å². The molecule has 2 N–H and O–H groups in total. The number of hydrogen-bond acceptors (Lipinski definition) is 4. The summed E-state index contributed by atoms with van der Waals surface area (Å²) < 4.78 is 0. The Kier molecular flexibility index (Phi) is 3.30. The fourth-order valence-electron chi connectivity index (χ4n) is 1.86. The molecule has 0 saturated heterocycles. The molecule has 2 heterocycles. The van der Waals surface area contributed by atoms with Crippen molar-refractivity contribution in [1.29, 1.82) is 0 Å². The predicted octanol–water partition coefficient (Wildman–Crippen LogP) is 3.09. The second-order valence-electron chi connectivity index (χ2n) is 4.28. The van der Waals surface area contributed by atoms with Crippen LogP contribution in [0.25, 0.3) is 11.4 Å². The zero-order chi connectivity index (χ0) is 13.9. The highest BCUT2D eigenvalue weighted by Gasteiger charge is 2.12. The number of nitrogens with zero attached hydrogens (tertiary/aromatic N) is 2. The molecule has 1 aromatic carbocycles. The van der Waals surface area contributed by atoms with Gasteiger partial charge in [-0.05, 0) is 19.1 Å². The molecule has 0 spiro atoms. The van der Waals surface area contributed by atoms with Crippen molar-refractivity contribution in [3.05, 3.63) is 52.7 Å². The Morgan fingerprint density at radius 3 is 2.85 bits per heavy atom. The zero-order valence-corrected chi connectivity index (χ0v) is 11.6. The van der Waals surface area contributed by atoms with Crippen molar-refractivity contribution >= 4 is 22.9 Å². The van der Waals surface area contributed by atoms with Gasteiger partial charge in [0.25, 0.3) is 5.91 Å². The van der Waals surface area contributed by atoms with Crippen molar-refractivity contribution < 1.29 is 4.79 Å². The number of para-hydroxylation sites is 1. The molecule has 2 aromatic heterocycles. The molecule has 0 aliphatic carbocycles. The predicted molar refractivity (Wildman–Crippen MR) is 78.8 cm³/mol. The molecular weight excluding hydrogens is 272 g/mol. The number of anilines is 1. The van der Waals surface area contributed by atoms with Crippen LogP contribution in [-0.2, 0) is 0 Å². The average Bonchev–Trinajstić information content (AvgIpc) is 3.10. The van der Waals surface area contributed by atoms with Gasteiger partial charge in [-0.1, -0.05) is 12.1 Å². The SMILES string of the molecule is Cc1cnc(-c2ccccc2NC(=O)c2cncs2)[nH]1. The van der Waals surface area contributed by atoms with Gasteiger partial charge in [0, 0.05) is 17.5 Å². The highest BCUT2D eigenvalue weighted by atomic mass is 32.1.